The quantitative estimate of drug-likeness (QED) is 0.0904. The minimum absolute atomic E-state index is 0.481. The van der Waals surface area contributed by atoms with Gasteiger partial charge in [-0.25, -0.2) is 0 Å². The SMILES string of the molecule is CCCCc1cc(CCCC)c(O)c(C[N+](Cc2ccccc2)=[Ti]=[N+](Cc2ccccc2)Cc2cc(CCCC)cc(CCCC)c2O)c1. The Kier molecular flexibility index (Phi) is 16.6. The fourth-order valence-electron chi connectivity index (χ4n) is 6.54. The van der Waals surface area contributed by atoms with Gasteiger partial charge in [0.25, 0.3) is 0 Å². The van der Waals surface area contributed by atoms with E-state index in [2.05, 4.69) is 119 Å². The molecule has 260 valence electrons. The van der Waals surface area contributed by atoms with Crippen LogP contribution in [0.5, 0.6) is 11.5 Å². The molecule has 49 heavy (non-hydrogen) atoms. The molecular formula is C44H60N2O2Ti+2. The fraction of sp³-hybridized carbons (Fsp3) is 0.455. The van der Waals surface area contributed by atoms with Gasteiger partial charge in [-0.3, -0.25) is 0 Å². The molecule has 0 fully saturated rings. The molecule has 0 radical (unpaired) electrons. The second-order valence-corrected chi connectivity index (χ2v) is 16.0. The topological polar surface area (TPSA) is 46.5 Å². The van der Waals surface area contributed by atoms with Gasteiger partial charge in [0, 0.05) is 0 Å². The molecule has 0 atom stereocenters. The van der Waals surface area contributed by atoms with E-state index in [1.54, 1.807) is 0 Å². The van der Waals surface area contributed by atoms with E-state index in [-0.39, 0.29) is 0 Å². The van der Waals surface area contributed by atoms with Gasteiger partial charge in [-0.2, -0.15) is 0 Å². The zero-order chi connectivity index (χ0) is 34.8. The zero-order valence-corrected chi connectivity index (χ0v) is 32.2. The minimum atomic E-state index is -0.864. The molecule has 0 amide bonds. The Labute approximate surface area is 305 Å². The summed E-state index contributed by atoms with van der Waals surface area (Å²) in [5.74, 6) is 0.963. The van der Waals surface area contributed by atoms with E-state index < -0.39 is 18.8 Å². The number of rotatable bonds is 20. The van der Waals surface area contributed by atoms with Crippen molar-refractivity contribution < 1.29 is 35.0 Å². The van der Waals surface area contributed by atoms with Gasteiger partial charge < -0.3 is 0 Å². The standard InChI is InChI=1S/2C22H30NO.Ti/c2*1-3-5-10-19-14-20(13-6-4-2)22(24)21(15-19)17-23-16-18-11-8-7-9-12-18;/h2*7-9,11-12,14-15,24H,3-6,10,13,16-17H2,1-2H3;/q2*-1;+4. The van der Waals surface area contributed by atoms with Crippen molar-refractivity contribution in [1.82, 2.24) is 0 Å². The van der Waals surface area contributed by atoms with Crippen molar-refractivity contribution in [3.8, 4) is 11.5 Å². The van der Waals surface area contributed by atoms with Crippen LogP contribution in [0.3, 0.4) is 0 Å². The molecule has 0 bridgehead atoms. The van der Waals surface area contributed by atoms with Crippen molar-refractivity contribution in [2.75, 3.05) is 0 Å². The summed E-state index contributed by atoms with van der Waals surface area (Å²) in [6.45, 7) is 12.0. The molecule has 4 rings (SSSR count). The number of hydrogen-bond acceptors (Lipinski definition) is 2. The van der Waals surface area contributed by atoms with E-state index in [9.17, 15) is 10.2 Å². The van der Waals surface area contributed by atoms with Crippen molar-refractivity contribution in [2.45, 2.75) is 131 Å². The third-order valence-corrected chi connectivity index (χ3v) is 11.2. The van der Waals surface area contributed by atoms with Crippen LogP contribution < -0.4 is 0 Å². The fourth-order valence-corrected chi connectivity index (χ4v) is 8.71. The Morgan fingerprint density at radius 1 is 0.429 bits per heavy atom. The molecule has 4 aromatic rings. The van der Waals surface area contributed by atoms with Crippen molar-refractivity contribution in [2.24, 2.45) is 0 Å². The van der Waals surface area contributed by atoms with Gasteiger partial charge >= 0.3 is 307 Å². The van der Waals surface area contributed by atoms with Crippen LogP contribution in [0.2, 0.25) is 0 Å². The van der Waals surface area contributed by atoms with Crippen LogP contribution in [0, 0.1) is 0 Å². The van der Waals surface area contributed by atoms with Crippen LogP contribution >= 0.6 is 0 Å². The number of benzene rings is 4. The number of aromatic hydroxyl groups is 2. The molecule has 0 aromatic heterocycles. The molecule has 0 aliphatic rings. The molecule has 0 heterocycles. The van der Waals surface area contributed by atoms with Crippen molar-refractivity contribution in [3.05, 3.63) is 129 Å². The number of phenols is 2. The Bertz CT molecular complexity index is 1540. The van der Waals surface area contributed by atoms with E-state index in [1.165, 1.54) is 22.3 Å². The van der Waals surface area contributed by atoms with Crippen LogP contribution in [-0.4, -0.2) is 16.2 Å². The summed E-state index contributed by atoms with van der Waals surface area (Å²) in [5, 5.41) is 23.3. The summed E-state index contributed by atoms with van der Waals surface area (Å²) in [6, 6.07) is 30.6. The van der Waals surface area contributed by atoms with E-state index in [4.69, 9.17) is 0 Å². The third kappa shape index (κ3) is 12.6. The molecule has 0 unspecified atom stereocenters. The second kappa shape index (κ2) is 21.1. The van der Waals surface area contributed by atoms with Crippen LogP contribution in [0.1, 0.15) is 124 Å². The van der Waals surface area contributed by atoms with Gasteiger partial charge in [0.05, 0.1) is 0 Å². The number of phenolic OH excluding ortho intramolecular Hbond substituents is 2. The second-order valence-electron chi connectivity index (χ2n) is 13.7. The Morgan fingerprint density at radius 3 is 1.14 bits per heavy atom. The average molecular weight is 697 g/mol. The normalized spacial score (nSPS) is 11.0. The van der Waals surface area contributed by atoms with Crippen LogP contribution in [0.4, 0.5) is 0 Å². The Hall–Kier alpha value is -3.21. The zero-order valence-electron chi connectivity index (χ0n) is 30.7. The summed E-state index contributed by atoms with van der Waals surface area (Å²) in [4.78, 5) is 0. The summed E-state index contributed by atoms with van der Waals surface area (Å²) in [7, 11) is 0. The molecule has 0 spiro atoms. The van der Waals surface area contributed by atoms with E-state index >= 15 is 0 Å². The molecule has 4 nitrogen and oxygen atoms in total. The first-order valence-electron chi connectivity index (χ1n) is 18.9. The summed E-state index contributed by atoms with van der Waals surface area (Å²) in [5.41, 5.74) is 9.54. The molecule has 2 N–H and O–H groups in total. The molecule has 4 aromatic carbocycles. The van der Waals surface area contributed by atoms with E-state index in [0.29, 0.717) is 24.6 Å². The van der Waals surface area contributed by atoms with Crippen LogP contribution in [0.15, 0.2) is 84.9 Å². The van der Waals surface area contributed by atoms with E-state index in [0.717, 1.165) is 112 Å². The van der Waals surface area contributed by atoms with Gasteiger partial charge in [-0.15, -0.1) is 0 Å². The van der Waals surface area contributed by atoms with Gasteiger partial charge in [0.15, 0.2) is 0 Å². The monoisotopic (exact) mass is 696 g/mol. The first-order chi connectivity index (χ1) is 23.9. The predicted molar refractivity (Wildman–Crippen MR) is 199 cm³/mol. The summed E-state index contributed by atoms with van der Waals surface area (Å²) >= 11 is -0.864. The first-order valence-corrected chi connectivity index (χ1v) is 20.3. The Morgan fingerprint density at radius 2 is 0.776 bits per heavy atom. The summed E-state index contributed by atoms with van der Waals surface area (Å²) < 4.78 is 5.19. The van der Waals surface area contributed by atoms with Gasteiger partial charge in [-0.1, -0.05) is 0 Å². The van der Waals surface area contributed by atoms with Gasteiger partial charge in [0.2, 0.25) is 0 Å². The predicted octanol–water partition coefficient (Wildman–Crippen LogP) is 11.0. The first kappa shape index (κ1) is 38.6. The van der Waals surface area contributed by atoms with Gasteiger partial charge in [-0.05, 0) is 0 Å². The maximum atomic E-state index is 11.7. The van der Waals surface area contributed by atoms with Crippen molar-refractivity contribution in [3.63, 3.8) is 0 Å². The van der Waals surface area contributed by atoms with Crippen molar-refractivity contribution in [1.29, 1.82) is 0 Å². The van der Waals surface area contributed by atoms with E-state index in [1.807, 2.05) is 0 Å². The molecule has 0 aliphatic carbocycles. The maximum absolute atomic E-state index is 11.7. The third-order valence-electron chi connectivity index (χ3n) is 9.33. The number of aryl methyl sites for hydroxylation is 4. The number of hydrogen-bond donors (Lipinski definition) is 2. The molecule has 0 saturated heterocycles. The van der Waals surface area contributed by atoms with Crippen LogP contribution in [0.25, 0.3) is 0 Å². The molecule has 5 heteroatoms. The van der Waals surface area contributed by atoms with Crippen LogP contribution in [-0.2, 0) is 70.7 Å². The number of unbranched alkanes of at least 4 members (excludes halogenated alkanes) is 4. The number of nitrogens with zero attached hydrogens (tertiary/aromatic N) is 2. The summed E-state index contributed by atoms with van der Waals surface area (Å²) in [6.07, 6.45) is 12.9. The Balaban J connectivity index is 1.88. The average Bonchev–Trinajstić information content (AvgIpc) is 3.11. The molecular weight excluding hydrogens is 636 g/mol. The molecule has 0 saturated carbocycles. The van der Waals surface area contributed by atoms with Gasteiger partial charge in [0.1, 0.15) is 0 Å². The molecule has 0 aliphatic heterocycles. The van der Waals surface area contributed by atoms with Crippen molar-refractivity contribution >= 4 is 0 Å².